The van der Waals surface area contributed by atoms with Crippen molar-refractivity contribution in [3.05, 3.63) is 84.9 Å². The first kappa shape index (κ1) is 13.5. The van der Waals surface area contributed by atoms with Crippen LogP contribution in [0.15, 0.2) is 79.4 Å². The quantitative estimate of drug-likeness (QED) is 0.619. The van der Waals surface area contributed by atoms with Crippen LogP contribution >= 0.6 is 0 Å². The highest BCUT2D eigenvalue weighted by Crippen LogP contribution is 2.31. The van der Waals surface area contributed by atoms with Crippen molar-refractivity contribution in [2.75, 3.05) is 0 Å². The molecule has 0 saturated heterocycles. The molecule has 4 aromatic rings. The molecule has 0 aliphatic heterocycles. The van der Waals surface area contributed by atoms with Gasteiger partial charge in [-0.1, -0.05) is 54.6 Å². The van der Waals surface area contributed by atoms with Gasteiger partial charge in [-0.15, -0.1) is 0 Å². The monoisotopic (exact) mass is 300 g/mol. The van der Waals surface area contributed by atoms with Gasteiger partial charge in [-0.05, 0) is 11.6 Å². The summed E-state index contributed by atoms with van der Waals surface area (Å²) in [6, 6.07) is 20.5. The fourth-order valence-corrected chi connectivity index (χ4v) is 2.79. The zero-order valence-electron chi connectivity index (χ0n) is 12.6. The van der Waals surface area contributed by atoms with Gasteiger partial charge in [-0.2, -0.15) is 5.10 Å². The summed E-state index contributed by atoms with van der Waals surface area (Å²) in [5.74, 6) is 0. The summed E-state index contributed by atoms with van der Waals surface area (Å²) in [7, 11) is 0. The van der Waals surface area contributed by atoms with Crippen LogP contribution < -0.4 is 0 Å². The van der Waals surface area contributed by atoms with Gasteiger partial charge in [0.1, 0.15) is 0 Å². The Labute approximate surface area is 134 Å². The van der Waals surface area contributed by atoms with Crippen LogP contribution in [0.1, 0.15) is 5.56 Å². The third kappa shape index (κ3) is 2.66. The molecule has 2 aromatic carbocycles. The molecule has 23 heavy (non-hydrogen) atoms. The van der Waals surface area contributed by atoms with Crippen molar-refractivity contribution in [2.45, 2.75) is 6.54 Å². The van der Waals surface area contributed by atoms with E-state index in [-0.39, 0.29) is 0 Å². The molecule has 0 saturated carbocycles. The van der Waals surface area contributed by atoms with Crippen LogP contribution in [-0.4, -0.2) is 19.7 Å². The third-order valence-electron chi connectivity index (χ3n) is 3.86. The lowest BCUT2D eigenvalue weighted by Crippen LogP contribution is -2.02. The average molecular weight is 300 g/mol. The second-order valence-electron chi connectivity index (χ2n) is 5.35. The van der Waals surface area contributed by atoms with E-state index in [2.05, 4.69) is 51.5 Å². The average Bonchev–Trinajstić information content (AvgIpc) is 3.28. The number of hydrogen-bond acceptors (Lipinski definition) is 2. The Hall–Kier alpha value is -3.14. The predicted octanol–water partition coefficient (Wildman–Crippen LogP) is 3.99. The second kappa shape index (κ2) is 5.93. The number of rotatable bonds is 4. The molecule has 0 aliphatic carbocycles. The fourth-order valence-electron chi connectivity index (χ4n) is 2.79. The number of aromatic amines is 1. The van der Waals surface area contributed by atoms with Crippen LogP contribution in [0, 0.1) is 0 Å². The molecule has 4 nitrogen and oxygen atoms in total. The van der Waals surface area contributed by atoms with Crippen LogP contribution in [0.4, 0.5) is 0 Å². The van der Waals surface area contributed by atoms with Crippen molar-refractivity contribution in [1.82, 2.24) is 19.7 Å². The Kier molecular flexibility index (Phi) is 3.48. The standard InChI is InChI=1S/C19H16N4/c1-2-7-15(8-3-1)18-19(21-14-20-18)17-10-5-4-9-16(17)13-23-12-6-11-22-23/h1-12,14H,13H2,(H,20,21). The van der Waals surface area contributed by atoms with Crippen LogP contribution in [0.3, 0.4) is 0 Å². The highest BCUT2D eigenvalue weighted by atomic mass is 15.3. The van der Waals surface area contributed by atoms with E-state index >= 15 is 0 Å². The van der Waals surface area contributed by atoms with Crippen molar-refractivity contribution >= 4 is 0 Å². The van der Waals surface area contributed by atoms with Crippen LogP contribution in [0.2, 0.25) is 0 Å². The Bertz CT molecular complexity index is 892. The lowest BCUT2D eigenvalue weighted by molar-refractivity contribution is 0.688. The van der Waals surface area contributed by atoms with Gasteiger partial charge in [0, 0.05) is 23.5 Å². The molecule has 0 atom stereocenters. The van der Waals surface area contributed by atoms with Crippen LogP contribution in [-0.2, 0) is 6.54 Å². The minimum atomic E-state index is 0.733. The molecule has 2 aromatic heterocycles. The molecule has 0 radical (unpaired) electrons. The maximum Gasteiger partial charge on any atom is 0.0961 e. The van der Waals surface area contributed by atoms with E-state index in [0.717, 1.165) is 29.1 Å². The molecule has 112 valence electrons. The van der Waals surface area contributed by atoms with Crippen molar-refractivity contribution < 1.29 is 0 Å². The zero-order chi connectivity index (χ0) is 15.5. The number of nitrogens with one attached hydrogen (secondary N) is 1. The fraction of sp³-hybridized carbons (Fsp3) is 0.0526. The Morgan fingerprint density at radius 2 is 1.74 bits per heavy atom. The predicted molar refractivity (Wildman–Crippen MR) is 90.8 cm³/mol. The van der Waals surface area contributed by atoms with E-state index in [0.29, 0.717) is 0 Å². The van der Waals surface area contributed by atoms with E-state index in [4.69, 9.17) is 0 Å². The van der Waals surface area contributed by atoms with E-state index in [1.165, 1.54) is 5.56 Å². The summed E-state index contributed by atoms with van der Waals surface area (Å²) in [5.41, 5.74) is 5.48. The Balaban J connectivity index is 1.79. The van der Waals surface area contributed by atoms with Gasteiger partial charge in [0.2, 0.25) is 0 Å². The van der Waals surface area contributed by atoms with Gasteiger partial charge in [-0.25, -0.2) is 4.98 Å². The lowest BCUT2D eigenvalue weighted by atomic mass is 10.0. The Morgan fingerprint density at radius 3 is 2.57 bits per heavy atom. The van der Waals surface area contributed by atoms with Gasteiger partial charge in [0.25, 0.3) is 0 Å². The smallest absolute Gasteiger partial charge is 0.0961 e. The minimum absolute atomic E-state index is 0.733. The molecule has 0 amide bonds. The van der Waals surface area contributed by atoms with E-state index in [1.54, 1.807) is 12.5 Å². The van der Waals surface area contributed by atoms with Crippen LogP contribution in [0.25, 0.3) is 22.5 Å². The maximum atomic E-state index is 4.52. The van der Waals surface area contributed by atoms with E-state index < -0.39 is 0 Å². The molecule has 0 spiro atoms. The summed E-state index contributed by atoms with van der Waals surface area (Å²) in [5, 5.41) is 4.31. The number of aromatic nitrogens is 4. The van der Waals surface area contributed by atoms with Crippen molar-refractivity contribution in [2.24, 2.45) is 0 Å². The molecule has 0 bridgehead atoms. The summed E-state index contributed by atoms with van der Waals surface area (Å²) >= 11 is 0. The summed E-state index contributed by atoms with van der Waals surface area (Å²) in [6.07, 6.45) is 5.53. The van der Waals surface area contributed by atoms with E-state index in [1.807, 2.05) is 35.1 Å². The normalized spacial score (nSPS) is 10.8. The number of imidazole rings is 1. The van der Waals surface area contributed by atoms with Gasteiger partial charge in [0.05, 0.1) is 24.3 Å². The summed E-state index contributed by atoms with van der Waals surface area (Å²) in [6.45, 7) is 0.733. The highest BCUT2D eigenvalue weighted by Gasteiger charge is 2.13. The van der Waals surface area contributed by atoms with Crippen molar-refractivity contribution in [3.63, 3.8) is 0 Å². The van der Waals surface area contributed by atoms with Crippen molar-refractivity contribution in [3.8, 4) is 22.5 Å². The minimum Gasteiger partial charge on any atom is -0.344 e. The Morgan fingerprint density at radius 1 is 0.913 bits per heavy atom. The number of nitrogens with zero attached hydrogens (tertiary/aromatic N) is 3. The molecular weight excluding hydrogens is 284 g/mol. The van der Waals surface area contributed by atoms with Crippen LogP contribution in [0.5, 0.6) is 0 Å². The van der Waals surface area contributed by atoms with E-state index in [9.17, 15) is 0 Å². The molecule has 0 unspecified atom stereocenters. The summed E-state index contributed by atoms with van der Waals surface area (Å²) in [4.78, 5) is 7.82. The molecule has 4 heteroatoms. The SMILES string of the molecule is c1ccc(-c2nc[nH]c2-c2ccccc2Cn2cccn2)cc1. The number of hydrogen-bond donors (Lipinski definition) is 1. The van der Waals surface area contributed by atoms with Gasteiger partial charge >= 0.3 is 0 Å². The lowest BCUT2D eigenvalue weighted by Gasteiger charge is -2.10. The number of benzene rings is 2. The maximum absolute atomic E-state index is 4.52. The molecule has 0 aliphatic rings. The molecule has 4 rings (SSSR count). The first-order chi connectivity index (χ1) is 11.4. The molecule has 2 heterocycles. The summed E-state index contributed by atoms with van der Waals surface area (Å²) < 4.78 is 1.93. The largest absolute Gasteiger partial charge is 0.344 e. The van der Waals surface area contributed by atoms with Gasteiger partial charge < -0.3 is 4.98 Å². The zero-order valence-corrected chi connectivity index (χ0v) is 12.6. The first-order valence-corrected chi connectivity index (χ1v) is 7.56. The van der Waals surface area contributed by atoms with Gasteiger partial charge in [-0.3, -0.25) is 4.68 Å². The van der Waals surface area contributed by atoms with Gasteiger partial charge in [0.15, 0.2) is 0 Å². The first-order valence-electron chi connectivity index (χ1n) is 7.56. The highest BCUT2D eigenvalue weighted by molar-refractivity contribution is 5.79. The third-order valence-corrected chi connectivity index (χ3v) is 3.86. The second-order valence-corrected chi connectivity index (χ2v) is 5.35. The topological polar surface area (TPSA) is 46.5 Å². The molecule has 1 N–H and O–H groups in total. The number of H-pyrrole nitrogens is 1. The van der Waals surface area contributed by atoms with Crippen molar-refractivity contribution in [1.29, 1.82) is 0 Å². The molecular formula is C19H16N4. The molecule has 0 fully saturated rings.